The Kier molecular flexibility index (Phi) is 4.90. The van der Waals surface area contributed by atoms with Crippen LogP contribution in [0.25, 0.3) is 0 Å². The van der Waals surface area contributed by atoms with E-state index in [2.05, 4.69) is 15.4 Å². The maximum absolute atomic E-state index is 12.6. The fraction of sp³-hybridized carbons (Fsp3) is 0.765. The minimum Gasteiger partial charge on any atom is -0.359 e. The second-order valence-corrected chi connectivity index (χ2v) is 7.08. The third-order valence-electron chi connectivity index (χ3n) is 5.00. The summed E-state index contributed by atoms with van der Waals surface area (Å²) in [5.41, 5.74) is 1.49. The fourth-order valence-corrected chi connectivity index (χ4v) is 3.63. The van der Waals surface area contributed by atoms with Gasteiger partial charge in [0.1, 0.15) is 11.4 Å². The average Bonchev–Trinajstić information content (AvgIpc) is 3.16. The lowest BCUT2D eigenvalue weighted by atomic mass is 10.1. The molecule has 3 rings (SSSR count). The summed E-state index contributed by atoms with van der Waals surface area (Å²) >= 11 is 0. The van der Waals surface area contributed by atoms with Gasteiger partial charge in [-0.3, -0.25) is 4.90 Å². The highest BCUT2D eigenvalue weighted by Crippen LogP contribution is 2.28. The first kappa shape index (κ1) is 16.3. The first-order valence-corrected chi connectivity index (χ1v) is 8.82. The van der Waals surface area contributed by atoms with E-state index in [9.17, 15) is 4.79 Å². The molecule has 1 N–H and O–H groups in total. The van der Waals surface area contributed by atoms with Gasteiger partial charge in [-0.05, 0) is 39.3 Å². The smallest absolute Gasteiger partial charge is 0.322 e. The number of piperidine rings is 1. The Labute approximate surface area is 138 Å². The summed E-state index contributed by atoms with van der Waals surface area (Å²) < 4.78 is 5.35. The molecule has 0 radical (unpaired) electrons. The molecule has 0 aromatic carbocycles. The van der Waals surface area contributed by atoms with Crippen molar-refractivity contribution in [2.45, 2.75) is 58.4 Å². The summed E-state index contributed by atoms with van der Waals surface area (Å²) in [5, 5.41) is 7.01. The van der Waals surface area contributed by atoms with Crippen LogP contribution in [-0.2, 0) is 0 Å². The van der Waals surface area contributed by atoms with Crippen molar-refractivity contribution in [3.8, 4) is 0 Å². The van der Waals surface area contributed by atoms with E-state index in [4.69, 9.17) is 4.52 Å². The van der Waals surface area contributed by atoms with E-state index >= 15 is 0 Å². The lowest BCUT2D eigenvalue weighted by molar-refractivity contribution is 0.163. The lowest BCUT2D eigenvalue weighted by Crippen LogP contribution is -2.42. The molecular weight excluding hydrogens is 292 g/mol. The van der Waals surface area contributed by atoms with Crippen molar-refractivity contribution < 1.29 is 9.32 Å². The largest absolute Gasteiger partial charge is 0.359 e. The number of hydrogen-bond acceptors (Lipinski definition) is 4. The predicted octanol–water partition coefficient (Wildman–Crippen LogP) is 3.20. The molecule has 1 atom stereocenters. The van der Waals surface area contributed by atoms with E-state index < -0.39 is 0 Å². The van der Waals surface area contributed by atoms with Crippen molar-refractivity contribution in [1.29, 1.82) is 0 Å². The van der Waals surface area contributed by atoms with Gasteiger partial charge in [0.25, 0.3) is 0 Å². The van der Waals surface area contributed by atoms with Crippen molar-refractivity contribution in [1.82, 2.24) is 15.0 Å². The zero-order valence-corrected chi connectivity index (χ0v) is 14.5. The third-order valence-corrected chi connectivity index (χ3v) is 5.00. The molecule has 0 aliphatic carbocycles. The maximum atomic E-state index is 12.6. The van der Waals surface area contributed by atoms with Crippen LogP contribution < -0.4 is 5.32 Å². The van der Waals surface area contributed by atoms with Crippen LogP contribution in [0.5, 0.6) is 0 Å². The van der Waals surface area contributed by atoms with Crippen LogP contribution in [0.1, 0.15) is 56.9 Å². The van der Waals surface area contributed by atoms with Gasteiger partial charge in [0.15, 0.2) is 5.76 Å². The van der Waals surface area contributed by atoms with Crippen LogP contribution in [0.2, 0.25) is 0 Å². The van der Waals surface area contributed by atoms with Gasteiger partial charge < -0.3 is 14.7 Å². The van der Waals surface area contributed by atoms with E-state index in [1.807, 2.05) is 25.7 Å². The molecule has 2 aliphatic rings. The SMILES string of the molecule is Cc1noc(C(C)C)c1NC(=O)N1CCC(N2CCCCC2)C1. The first-order chi connectivity index (χ1) is 11.1. The van der Waals surface area contributed by atoms with E-state index in [-0.39, 0.29) is 11.9 Å². The first-order valence-electron chi connectivity index (χ1n) is 8.82. The lowest BCUT2D eigenvalue weighted by Gasteiger charge is -2.32. The zero-order valence-electron chi connectivity index (χ0n) is 14.5. The second kappa shape index (κ2) is 6.91. The van der Waals surface area contributed by atoms with Crippen LogP contribution in [0, 0.1) is 6.92 Å². The molecule has 2 fully saturated rings. The Balaban J connectivity index is 1.60. The molecule has 6 heteroatoms. The number of nitrogens with zero attached hydrogens (tertiary/aromatic N) is 3. The Morgan fingerprint density at radius 1 is 1.26 bits per heavy atom. The number of aromatic nitrogens is 1. The van der Waals surface area contributed by atoms with Gasteiger partial charge in [0.05, 0.1) is 0 Å². The monoisotopic (exact) mass is 320 g/mol. The van der Waals surface area contributed by atoms with Crippen LogP contribution in [0.4, 0.5) is 10.5 Å². The number of aryl methyl sites for hydroxylation is 1. The van der Waals surface area contributed by atoms with Crippen LogP contribution >= 0.6 is 0 Å². The molecule has 1 aromatic rings. The highest BCUT2D eigenvalue weighted by molar-refractivity contribution is 5.90. The molecule has 3 heterocycles. The summed E-state index contributed by atoms with van der Waals surface area (Å²) in [6, 6.07) is 0.493. The summed E-state index contributed by atoms with van der Waals surface area (Å²) in [6.45, 7) is 9.97. The molecule has 2 aliphatic heterocycles. The molecule has 1 unspecified atom stereocenters. The Morgan fingerprint density at radius 3 is 2.70 bits per heavy atom. The molecule has 2 amide bonds. The van der Waals surface area contributed by atoms with Crippen LogP contribution in [-0.4, -0.2) is 53.2 Å². The second-order valence-electron chi connectivity index (χ2n) is 7.08. The number of urea groups is 1. The fourth-order valence-electron chi connectivity index (χ4n) is 3.63. The van der Waals surface area contributed by atoms with E-state index in [0.29, 0.717) is 6.04 Å². The van der Waals surface area contributed by atoms with Gasteiger partial charge in [-0.25, -0.2) is 4.79 Å². The van der Waals surface area contributed by atoms with Crippen molar-refractivity contribution in [3.05, 3.63) is 11.5 Å². The maximum Gasteiger partial charge on any atom is 0.322 e. The van der Waals surface area contributed by atoms with E-state index in [0.717, 1.165) is 36.7 Å². The van der Waals surface area contributed by atoms with Crippen molar-refractivity contribution in [3.63, 3.8) is 0 Å². The van der Waals surface area contributed by atoms with Gasteiger partial charge >= 0.3 is 6.03 Å². The summed E-state index contributed by atoms with van der Waals surface area (Å²) in [5.74, 6) is 0.953. The number of hydrogen-bond donors (Lipinski definition) is 1. The number of carbonyl (C=O) groups excluding carboxylic acids is 1. The number of carbonyl (C=O) groups is 1. The molecular formula is C17H28N4O2. The Hall–Kier alpha value is -1.56. The topological polar surface area (TPSA) is 61.6 Å². The minimum absolute atomic E-state index is 0.0299. The number of anilines is 1. The quantitative estimate of drug-likeness (QED) is 0.929. The van der Waals surface area contributed by atoms with Gasteiger partial charge in [-0.15, -0.1) is 0 Å². The predicted molar refractivity (Wildman–Crippen MR) is 89.7 cm³/mol. The average molecular weight is 320 g/mol. The number of nitrogens with one attached hydrogen (secondary N) is 1. The Bertz CT molecular complexity index is 549. The molecule has 0 bridgehead atoms. The van der Waals surface area contributed by atoms with Gasteiger partial charge in [0, 0.05) is 25.0 Å². The molecule has 128 valence electrons. The number of rotatable bonds is 3. The van der Waals surface area contributed by atoms with Gasteiger partial charge in [-0.2, -0.15) is 0 Å². The standard InChI is InChI=1S/C17H28N4O2/c1-12(2)16-15(13(3)19-23-16)18-17(22)21-10-7-14(11-21)20-8-5-4-6-9-20/h12,14H,4-11H2,1-3H3,(H,18,22). The molecule has 0 spiro atoms. The third kappa shape index (κ3) is 3.52. The molecule has 23 heavy (non-hydrogen) atoms. The van der Waals surface area contributed by atoms with Crippen LogP contribution in [0.15, 0.2) is 4.52 Å². The van der Waals surface area contributed by atoms with Crippen molar-refractivity contribution in [2.75, 3.05) is 31.5 Å². The summed E-state index contributed by atoms with van der Waals surface area (Å²) in [6.07, 6.45) is 5.01. The molecule has 6 nitrogen and oxygen atoms in total. The normalized spacial score (nSPS) is 22.8. The van der Waals surface area contributed by atoms with Gasteiger partial charge in [-0.1, -0.05) is 25.4 Å². The summed E-state index contributed by atoms with van der Waals surface area (Å²) in [4.78, 5) is 17.1. The van der Waals surface area contributed by atoms with Gasteiger partial charge in [0.2, 0.25) is 0 Å². The van der Waals surface area contributed by atoms with E-state index in [1.54, 1.807) is 0 Å². The minimum atomic E-state index is -0.0299. The van der Waals surface area contributed by atoms with Crippen LogP contribution in [0.3, 0.4) is 0 Å². The van der Waals surface area contributed by atoms with Crippen molar-refractivity contribution in [2.24, 2.45) is 0 Å². The number of amides is 2. The molecule has 1 aromatic heterocycles. The molecule has 0 saturated carbocycles. The molecule has 2 saturated heterocycles. The zero-order chi connectivity index (χ0) is 16.4. The number of likely N-dealkylation sites (tertiary alicyclic amines) is 2. The van der Waals surface area contributed by atoms with Crippen molar-refractivity contribution >= 4 is 11.7 Å². The highest BCUT2D eigenvalue weighted by Gasteiger charge is 2.31. The highest BCUT2D eigenvalue weighted by atomic mass is 16.5. The Morgan fingerprint density at radius 2 is 2.00 bits per heavy atom. The summed E-state index contributed by atoms with van der Waals surface area (Å²) in [7, 11) is 0. The van der Waals surface area contributed by atoms with E-state index in [1.165, 1.54) is 32.4 Å².